The van der Waals surface area contributed by atoms with Crippen molar-refractivity contribution in [1.29, 1.82) is 0 Å². The Hall–Kier alpha value is -7.87. The van der Waals surface area contributed by atoms with E-state index in [9.17, 15) is 70.3 Å². The summed E-state index contributed by atoms with van der Waals surface area (Å²) in [5, 5.41) is 10.4. The number of nitrogens with one attached hydrogen (secondary N) is 5. The lowest BCUT2D eigenvalue weighted by Crippen LogP contribution is -2.62. The van der Waals surface area contributed by atoms with Crippen LogP contribution >= 0.6 is 7.60 Å². The van der Waals surface area contributed by atoms with E-state index < -0.39 is 101 Å². The van der Waals surface area contributed by atoms with E-state index in [4.69, 9.17) is 5.73 Å². The highest BCUT2D eigenvalue weighted by Gasteiger charge is 2.46. The van der Waals surface area contributed by atoms with Gasteiger partial charge in [-0.1, -0.05) is 12.1 Å². The second-order valence-corrected chi connectivity index (χ2v) is 25.6. The molecule has 5 heterocycles. The van der Waals surface area contributed by atoms with Gasteiger partial charge in [-0.05, 0) is 130 Å². The Morgan fingerprint density at radius 2 is 1.61 bits per heavy atom. The van der Waals surface area contributed by atoms with Gasteiger partial charge in [0.2, 0.25) is 41.4 Å². The molecule has 442 valence electrons. The zero-order valence-electron chi connectivity index (χ0n) is 45.4. The number of imide groups is 1. The van der Waals surface area contributed by atoms with Crippen LogP contribution in [0, 0.1) is 17.7 Å². The lowest BCUT2D eigenvalue weighted by molar-refractivity contribution is -0.146. The van der Waals surface area contributed by atoms with Gasteiger partial charge in [0, 0.05) is 80.3 Å². The van der Waals surface area contributed by atoms with Gasteiger partial charge in [0.25, 0.3) is 11.4 Å². The van der Waals surface area contributed by atoms with E-state index in [0.29, 0.717) is 23.0 Å². The van der Waals surface area contributed by atoms with Crippen molar-refractivity contribution in [2.24, 2.45) is 24.6 Å². The minimum Gasteiger partial charge on any atom is -0.370 e. The molecule has 9 N–H and O–H groups in total. The third kappa shape index (κ3) is 13.3. The van der Waals surface area contributed by atoms with E-state index in [1.807, 2.05) is 18.2 Å². The molecule has 1 saturated carbocycles. The van der Waals surface area contributed by atoms with Crippen LogP contribution in [0.15, 0.2) is 70.4 Å². The van der Waals surface area contributed by atoms with Crippen LogP contribution in [-0.4, -0.2) is 138 Å². The maximum absolute atomic E-state index is 15.0. The molecule has 3 aromatic carbocycles. The summed E-state index contributed by atoms with van der Waals surface area (Å²) in [6, 6.07) is 8.41. The van der Waals surface area contributed by atoms with Crippen molar-refractivity contribution in [3.05, 3.63) is 99.3 Å². The van der Waals surface area contributed by atoms with E-state index in [0.717, 1.165) is 43.6 Å². The second-order valence-electron chi connectivity index (χ2n) is 22.1. The minimum atomic E-state index is -5.15. The number of sulfone groups is 1. The number of aromatic nitrogens is 3. The Labute approximate surface area is 474 Å². The van der Waals surface area contributed by atoms with Crippen molar-refractivity contribution in [3.8, 4) is 0 Å². The summed E-state index contributed by atoms with van der Waals surface area (Å²) in [5.41, 5.74) is 5.69. The van der Waals surface area contributed by atoms with Crippen LogP contribution in [-0.2, 0) is 68.0 Å². The van der Waals surface area contributed by atoms with Crippen LogP contribution in [0.3, 0.4) is 0 Å². The number of fused-ring (bicyclic) bond motifs is 3. The Bertz CT molecular complexity index is 3720. The number of benzene rings is 3. The third-order valence-electron chi connectivity index (χ3n) is 16.4. The number of aromatic amines is 1. The zero-order valence-corrected chi connectivity index (χ0v) is 47.1. The number of carbonyl (C=O) groups excluding carboxylic acids is 9. The molecule has 5 aromatic rings. The molecule has 0 bridgehead atoms. The van der Waals surface area contributed by atoms with Crippen LogP contribution in [0.25, 0.3) is 21.9 Å². The summed E-state index contributed by atoms with van der Waals surface area (Å²) in [7, 11) is -7.25. The number of piperidine rings is 1. The number of aryl methyl sites for hydroxylation is 1. The lowest BCUT2D eigenvalue weighted by Gasteiger charge is -2.39. The Kier molecular flexibility index (Phi) is 17.4. The van der Waals surface area contributed by atoms with Gasteiger partial charge < -0.3 is 46.3 Å². The first-order valence-corrected chi connectivity index (χ1v) is 30.8. The highest BCUT2D eigenvalue weighted by Crippen LogP contribution is 2.40. The van der Waals surface area contributed by atoms with Crippen molar-refractivity contribution in [2.45, 2.75) is 125 Å². The number of H-pyrrole nitrogens is 1. The normalized spacial score (nSPS) is 21.9. The van der Waals surface area contributed by atoms with Crippen LogP contribution in [0.4, 0.5) is 4.39 Å². The number of primary amides is 1. The monoisotopic (exact) mass is 1190 g/mol. The molecule has 25 nitrogen and oxygen atoms in total. The molecule has 0 spiro atoms. The fourth-order valence-corrected chi connectivity index (χ4v) is 13.0. The summed E-state index contributed by atoms with van der Waals surface area (Å²) in [4.78, 5) is 158. The number of halogens is 1. The first kappa shape index (κ1) is 59.7. The van der Waals surface area contributed by atoms with Gasteiger partial charge in [-0.2, -0.15) is 0 Å². The van der Waals surface area contributed by atoms with E-state index in [2.05, 4.69) is 26.3 Å². The van der Waals surface area contributed by atoms with Crippen molar-refractivity contribution in [2.75, 3.05) is 19.3 Å². The summed E-state index contributed by atoms with van der Waals surface area (Å²) in [6.07, 6.45) is 5.13. The highest BCUT2D eigenvalue weighted by atomic mass is 32.2. The predicted molar refractivity (Wildman–Crippen MR) is 295 cm³/mol. The van der Waals surface area contributed by atoms with Crippen molar-refractivity contribution >= 4 is 92.2 Å². The first-order chi connectivity index (χ1) is 39.2. The Morgan fingerprint density at radius 1 is 0.880 bits per heavy atom. The summed E-state index contributed by atoms with van der Waals surface area (Å²) < 4.78 is 53.5. The maximum atomic E-state index is 15.0. The molecule has 3 saturated heterocycles. The molecule has 3 aliphatic heterocycles. The molecule has 28 heteroatoms. The molecule has 8 amide bonds. The van der Waals surface area contributed by atoms with Crippen LogP contribution in [0.5, 0.6) is 0 Å². The first-order valence-electron chi connectivity index (χ1n) is 27.3. The predicted octanol–water partition coefficient (Wildman–Crippen LogP) is 1.86. The molecular weight excluding hydrogens is 1120 g/mol. The van der Waals surface area contributed by atoms with Gasteiger partial charge in [-0.3, -0.25) is 62.2 Å². The molecule has 4 aliphatic rings. The maximum Gasteiger partial charge on any atom is 0.396 e. The molecule has 2 aromatic heterocycles. The van der Waals surface area contributed by atoms with Gasteiger partial charge in [0.15, 0.2) is 9.84 Å². The molecule has 83 heavy (non-hydrogen) atoms. The van der Waals surface area contributed by atoms with Gasteiger partial charge in [-0.25, -0.2) is 17.6 Å². The topological polar surface area (TPSA) is 369 Å². The van der Waals surface area contributed by atoms with Crippen molar-refractivity contribution < 1.29 is 70.3 Å². The lowest BCUT2D eigenvalue weighted by atomic mass is 9.78. The Balaban J connectivity index is 0.893. The van der Waals surface area contributed by atoms with Crippen molar-refractivity contribution in [1.82, 2.24) is 45.2 Å². The largest absolute Gasteiger partial charge is 0.396 e. The average Bonchev–Trinajstić information content (AvgIpc) is 2.84. The number of hydrogen-bond acceptors (Lipinski definition) is 13. The van der Waals surface area contributed by atoms with Crippen LogP contribution in [0.2, 0.25) is 0 Å². The van der Waals surface area contributed by atoms with Crippen molar-refractivity contribution in [3.63, 3.8) is 0 Å². The quantitative estimate of drug-likeness (QED) is 0.0459. The van der Waals surface area contributed by atoms with Gasteiger partial charge in [0.1, 0.15) is 35.7 Å². The average molecular weight is 1190 g/mol. The van der Waals surface area contributed by atoms with E-state index in [1.165, 1.54) is 55.3 Å². The molecular formula is C55H64FN10O15PS. The second kappa shape index (κ2) is 24.1. The summed E-state index contributed by atoms with van der Waals surface area (Å²) in [6.45, 7) is -0.600. The molecule has 1 aliphatic carbocycles. The SMILES string of the molecule is Cn1c(=O)n(C2CCC(=O)NC2=O)c2ccc(C[C@H]3CC[C@@H](CC(=O)N4CC[C@H]5CC[C@@H](C(=O)N[C@@H](CCC(N)=O)C(=O)NCc6ccc(S(C)(=O)=O)cc6F)N5C(=O)[C@@H](NC(=O)c5cc6cc(C(=O)P(=O)(O)O)ccc6[nH]5)C4)CC3)cc21. The summed E-state index contributed by atoms with van der Waals surface area (Å²) in [5.74, 6) is -5.78. The van der Waals surface area contributed by atoms with Gasteiger partial charge in [-0.15, -0.1) is 0 Å². The number of amides is 8. The minimum absolute atomic E-state index is 0.0114. The number of rotatable bonds is 18. The van der Waals surface area contributed by atoms with E-state index in [-0.39, 0.29) is 121 Å². The molecule has 9 rings (SSSR count). The van der Waals surface area contributed by atoms with Crippen LogP contribution in [0.1, 0.15) is 115 Å². The standard InChI is InChI=1S/C55H64FN10O15PS/c1-63-45-22-31(7-14-42(45)66(55(63)76)44-16-18-47(68)62-52(44)73)21-29-3-5-30(6-4-29)23-48(69)64-20-19-35-10-15-43(51(72)60-39(13-17-46(57)67)49(70)58-27-33-8-11-36(26-37(33)56)83(2,80)81)65(35)53(74)41(28-64)61-50(71)40-25-34-24-32(9-12-38(34)59-40)54(75)82(77,78)79/h7-9,11-12,14,22,24-26,29-30,35,39,41,43-44,59H,3-6,10,13,15-21,23,27-28H2,1-2H3,(H2,57,67)(H,58,70)(H,60,72)(H,61,71)(H,62,68,73)(H2,77,78,79)/t29-,30+,35-,39+,41+,43+,44?/m1/s1. The molecule has 1 unspecified atom stereocenters. The number of imidazole rings is 1. The van der Waals surface area contributed by atoms with E-state index >= 15 is 4.79 Å². The number of nitrogens with zero attached hydrogens (tertiary/aromatic N) is 4. The molecule has 0 radical (unpaired) electrons. The Morgan fingerprint density at radius 3 is 2.30 bits per heavy atom. The molecule has 4 fully saturated rings. The smallest absolute Gasteiger partial charge is 0.370 e. The van der Waals surface area contributed by atoms with Gasteiger partial charge >= 0.3 is 13.3 Å². The fraction of sp³-hybridized carbons (Fsp3) is 0.455. The number of carbonyl (C=O) groups is 9. The van der Waals surface area contributed by atoms with Crippen LogP contribution < -0.4 is 32.7 Å². The van der Waals surface area contributed by atoms with E-state index in [1.54, 1.807) is 7.05 Å². The summed E-state index contributed by atoms with van der Waals surface area (Å²) >= 11 is 0. The van der Waals surface area contributed by atoms with Gasteiger partial charge in [0.05, 0.1) is 15.9 Å². The number of nitrogens with two attached hydrogens (primary N) is 1. The molecule has 5 atom stereocenters. The fourth-order valence-electron chi connectivity index (χ4n) is 11.9. The highest BCUT2D eigenvalue weighted by molar-refractivity contribution is 7.90. The third-order valence-corrected chi connectivity index (χ3v) is 18.3. The number of hydrogen-bond donors (Lipinski definition) is 8. The zero-order chi connectivity index (χ0) is 59.8.